The first-order chi connectivity index (χ1) is 8.60. The van der Waals surface area contributed by atoms with Crippen LogP contribution in [0.4, 0.5) is 5.69 Å². The maximum atomic E-state index is 9.01. The number of nitriles is 1. The predicted molar refractivity (Wildman–Crippen MR) is 71.5 cm³/mol. The summed E-state index contributed by atoms with van der Waals surface area (Å²) in [6, 6.07) is 7.52. The Morgan fingerprint density at radius 3 is 2.67 bits per heavy atom. The third-order valence-electron chi connectivity index (χ3n) is 3.23. The molecule has 2 N–H and O–H groups in total. The molecule has 2 aromatic rings. The maximum absolute atomic E-state index is 9.01. The Morgan fingerprint density at radius 1 is 1.39 bits per heavy atom. The Labute approximate surface area is 107 Å². The maximum Gasteiger partial charge on any atom is 0.101 e. The number of hydrogen-bond donors (Lipinski definition) is 1. The van der Waals surface area contributed by atoms with Crippen LogP contribution in [0.2, 0.25) is 0 Å². The van der Waals surface area contributed by atoms with Crippen molar-refractivity contribution >= 4 is 5.69 Å². The van der Waals surface area contributed by atoms with Gasteiger partial charge in [-0.25, -0.2) is 4.68 Å². The summed E-state index contributed by atoms with van der Waals surface area (Å²) >= 11 is 0. The van der Waals surface area contributed by atoms with Crippen molar-refractivity contribution < 1.29 is 0 Å². The van der Waals surface area contributed by atoms with E-state index >= 15 is 0 Å². The molecule has 0 saturated heterocycles. The number of hydrogen-bond acceptors (Lipinski definition) is 3. The largest absolute Gasteiger partial charge is 0.396 e. The van der Waals surface area contributed by atoms with Gasteiger partial charge in [0.1, 0.15) is 6.07 Å². The number of aryl methyl sites for hydroxylation is 1. The van der Waals surface area contributed by atoms with Crippen LogP contribution in [0, 0.1) is 25.2 Å². The van der Waals surface area contributed by atoms with E-state index in [4.69, 9.17) is 11.0 Å². The predicted octanol–water partition coefficient (Wildman–Crippen LogP) is 2.51. The second kappa shape index (κ2) is 4.53. The Bertz CT molecular complexity index is 632. The van der Waals surface area contributed by atoms with Gasteiger partial charge in [0.2, 0.25) is 0 Å². The number of anilines is 1. The number of rotatable bonds is 2. The van der Waals surface area contributed by atoms with Crippen molar-refractivity contribution in [2.45, 2.75) is 27.2 Å². The average Bonchev–Trinajstić information content (AvgIpc) is 2.64. The molecular weight excluding hydrogens is 224 g/mol. The smallest absolute Gasteiger partial charge is 0.101 e. The standard InChI is InChI=1S/C14H16N4/c1-4-12-9(2)17-18(10(12)3)13-7-5-6-11(8-15)14(13)16/h5-7H,4,16H2,1-3H3. The van der Waals surface area contributed by atoms with E-state index in [1.807, 2.05) is 30.7 Å². The molecule has 0 atom stereocenters. The lowest BCUT2D eigenvalue weighted by Crippen LogP contribution is -2.05. The molecule has 92 valence electrons. The molecule has 0 radical (unpaired) electrons. The van der Waals surface area contributed by atoms with Gasteiger partial charge in [-0.15, -0.1) is 0 Å². The number of nitrogen functional groups attached to an aromatic ring is 1. The molecule has 0 aliphatic carbocycles. The minimum absolute atomic E-state index is 0.480. The normalized spacial score (nSPS) is 10.3. The Hall–Kier alpha value is -2.28. The lowest BCUT2D eigenvalue weighted by atomic mass is 10.1. The fraction of sp³-hybridized carbons (Fsp3) is 0.286. The number of benzene rings is 1. The van der Waals surface area contributed by atoms with Gasteiger partial charge in [-0.2, -0.15) is 10.4 Å². The minimum atomic E-state index is 0.480. The number of nitrogens with two attached hydrogens (primary N) is 1. The van der Waals surface area contributed by atoms with Crippen LogP contribution in [0.1, 0.15) is 29.4 Å². The molecule has 2 rings (SSSR count). The SMILES string of the molecule is CCc1c(C)nn(-c2cccc(C#N)c2N)c1C. The molecule has 0 saturated carbocycles. The lowest BCUT2D eigenvalue weighted by Gasteiger charge is -2.09. The summed E-state index contributed by atoms with van der Waals surface area (Å²) < 4.78 is 1.82. The summed E-state index contributed by atoms with van der Waals surface area (Å²) in [5.74, 6) is 0. The van der Waals surface area contributed by atoms with Crippen LogP contribution in [-0.4, -0.2) is 9.78 Å². The van der Waals surface area contributed by atoms with Crippen molar-refractivity contribution in [3.63, 3.8) is 0 Å². The molecule has 4 nitrogen and oxygen atoms in total. The third-order valence-corrected chi connectivity index (χ3v) is 3.23. The zero-order chi connectivity index (χ0) is 13.3. The average molecular weight is 240 g/mol. The van der Waals surface area contributed by atoms with Gasteiger partial charge < -0.3 is 5.73 Å². The molecule has 0 fully saturated rings. The zero-order valence-electron chi connectivity index (χ0n) is 10.9. The molecule has 1 aromatic heterocycles. The Morgan fingerprint density at radius 2 is 2.11 bits per heavy atom. The molecule has 1 aromatic carbocycles. The van der Waals surface area contributed by atoms with Crippen molar-refractivity contribution in [2.75, 3.05) is 5.73 Å². The fourth-order valence-corrected chi connectivity index (χ4v) is 2.26. The second-order valence-electron chi connectivity index (χ2n) is 4.26. The monoisotopic (exact) mass is 240 g/mol. The van der Waals surface area contributed by atoms with Crippen molar-refractivity contribution in [1.29, 1.82) is 5.26 Å². The van der Waals surface area contributed by atoms with E-state index in [1.54, 1.807) is 6.07 Å². The highest BCUT2D eigenvalue weighted by Gasteiger charge is 2.14. The van der Waals surface area contributed by atoms with Crippen LogP contribution in [0.5, 0.6) is 0 Å². The quantitative estimate of drug-likeness (QED) is 0.820. The molecule has 18 heavy (non-hydrogen) atoms. The van der Waals surface area contributed by atoms with Gasteiger partial charge in [0.05, 0.1) is 22.6 Å². The molecule has 0 bridgehead atoms. The lowest BCUT2D eigenvalue weighted by molar-refractivity contribution is 0.834. The van der Waals surface area contributed by atoms with E-state index < -0.39 is 0 Å². The van der Waals surface area contributed by atoms with Gasteiger partial charge in [0, 0.05) is 5.69 Å². The molecule has 0 aliphatic rings. The molecule has 0 aliphatic heterocycles. The van der Waals surface area contributed by atoms with Crippen LogP contribution in [0.15, 0.2) is 18.2 Å². The van der Waals surface area contributed by atoms with Gasteiger partial charge in [0.25, 0.3) is 0 Å². The molecule has 0 unspecified atom stereocenters. The van der Waals surface area contributed by atoms with Crippen LogP contribution in [-0.2, 0) is 6.42 Å². The molecule has 4 heteroatoms. The summed E-state index contributed by atoms with van der Waals surface area (Å²) in [5, 5.41) is 13.5. The van der Waals surface area contributed by atoms with Gasteiger partial charge in [-0.1, -0.05) is 13.0 Å². The minimum Gasteiger partial charge on any atom is -0.396 e. The van der Waals surface area contributed by atoms with E-state index in [2.05, 4.69) is 18.1 Å². The topological polar surface area (TPSA) is 67.6 Å². The first-order valence-electron chi connectivity index (χ1n) is 5.94. The summed E-state index contributed by atoms with van der Waals surface area (Å²) in [6.45, 7) is 6.13. The fourth-order valence-electron chi connectivity index (χ4n) is 2.26. The van der Waals surface area contributed by atoms with Crippen LogP contribution >= 0.6 is 0 Å². The molecular formula is C14H16N4. The number of nitrogens with zero attached hydrogens (tertiary/aromatic N) is 3. The highest BCUT2D eigenvalue weighted by molar-refractivity contribution is 5.66. The first-order valence-corrected chi connectivity index (χ1v) is 5.94. The zero-order valence-corrected chi connectivity index (χ0v) is 10.9. The Kier molecular flexibility index (Phi) is 3.07. The van der Waals surface area contributed by atoms with Crippen LogP contribution in [0.3, 0.4) is 0 Å². The summed E-state index contributed by atoms with van der Waals surface area (Å²) in [6.07, 6.45) is 0.940. The third kappa shape index (κ3) is 1.74. The van der Waals surface area contributed by atoms with E-state index in [1.165, 1.54) is 5.56 Å². The molecule has 1 heterocycles. The molecule has 0 amide bonds. The summed E-state index contributed by atoms with van der Waals surface area (Å²) in [5.41, 5.74) is 11.1. The van der Waals surface area contributed by atoms with Crippen LogP contribution < -0.4 is 5.73 Å². The first kappa shape index (κ1) is 12.2. The van der Waals surface area contributed by atoms with Gasteiger partial charge in [0.15, 0.2) is 0 Å². The second-order valence-corrected chi connectivity index (χ2v) is 4.26. The van der Waals surface area contributed by atoms with E-state index in [0.717, 1.165) is 23.5 Å². The van der Waals surface area contributed by atoms with Gasteiger partial charge >= 0.3 is 0 Å². The summed E-state index contributed by atoms with van der Waals surface area (Å²) in [4.78, 5) is 0. The number of para-hydroxylation sites is 1. The van der Waals surface area contributed by atoms with E-state index in [0.29, 0.717) is 11.3 Å². The van der Waals surface area contributed by atoms with Crippen molar-refractivity contribution in [2.24, 2.45) is 0 Å². The highest BCUT2D eigenvalue weighted by atomic mass is 15.3. The van der Waals surface area contributed by atoms with Crippen molar-refractivity contribution in [3.05, 3.63) is 40.7 Å². The summed E-state index contributed by atoms with van der Waals surface area (Å²) in [7, 11) is 0. The van der Waals surface area contributed by atoms with Crippen LogP contribution in [0.25, 0.3) is 5.69 Å². The highest BCUT2D eigenvalue weighted by Crippen LogP contribution is 2.24. The Balaban J connectivity index is 2.67. The number of aromatic nitrogens is 2. The molecule has 0 spiro atoms. The van der Waals surface area contributed by atoms with Crippen molar-refractivity contribution in [1.82, 2.24) is 9.78 Å². The van der Waals surface area contributed by atoms with E-state index in [9.17, 15) is 0 Å². The van der Waals surface area contributed by atoms with Gasteiger partial charge in [-0.05, 0) is 38.0 Å². The van der Waals surface area contributed by atoms with E-state index in [-0.39, 0.29) is 0 Å². The van der Waals surface area contributed by atoms with Crippen molar-refractivity contribution in [3.8, 4) is 11.8 Å². The van der Waals surface area contributed by atoms with Gasteiger partial charge in [-0.3, -0.25) is 0 Å².